The maximum atomic E-state index is 11.2. The van der Waals surface area contributed by atoms with Crippen LogP contribution in [-0.4, -0.2) is 10.2 Å². The highest BCUT2D eigenvalue weighted by atomic mass is 79.9. The van der Waals surface area contributed by atoms with E-state index in [4.69, 9.17) is 4.42 Å². The standard InChI is InChI=1S/C8H7BrN2O2/c1-3-5-4(2)10-11-7(5)13-8(12)6(3)9/h1-2H3,(H,10,11). The van der Waals surface area contributed by atoms with Gasteiger partial charge in [-0.2, -0.15) is 0 Å². The Morgan fingerprint density at radius 1 is 1.46 bits per heavy atom. The number of hydrogen-bond acceptors (Lipinski definition) is 3. The van der Waals surface area contributed by atoms with Crippen molar-refractivity contribution >= 4 is 27.0 Å². The Morgan fingerprint density at radius 3 is 2.85 bits per heavy atom. The third-order valence-electron chi connectivity index (χ3n) is 1.99. The van der Waals surface area contributed by atoms with Gasteiger partial charge < -0.3 is 4.42 Å². The lowest BCUT2D eigenvalue weighted by molar-refractivity contribution is 0.542. The number of nitrogens with one attached hydrogen (secondary N) is 1. The van der Waals surface area contributed by atoms with Crippen molar-refractivity contribution in [3.63, 3.8) is 0 Å². The first-order chi connectivity index (χ1) is 6.11. The number of nitrogens with zero attached hydrogens (tertiary/aromatic N) is 1. The molecule has 0 radical (unpaired) electrons. The third kappa shape index (κ3) is 1.11. The van der Waals surface area contributed by atoms with E-state index in [1.54, 1.807) is 0 Å². The Bertz CT molecular complexity index is 527. The van der Waals surface area contributed by atoms with Gasteiger partial charge in [-0.15, -0.1) is 5.10 Å². The van der Waals surface area contributed by atoms with Gasteiger partial charge in [-0.3, -0.25) is 5.10 Å². The summed E-state index contributed by atoms with van der Waals surface area (Å²) in [4.78, 5) is 11.2. The van der Waals surface area contributed by atoms with Gasteiger partial charge in [0.1, 0.15) is 4.47 Å². The molecule has 0 aliphatic rings. The van der Waals surface area contributed by atoms with Crippen LogP contribution in [0.15, 0.2) is 13.7 Å². The minimum atomic E-state index is -0.392. The molecule has 0 unspecified atom stereocenters. The highest BCUT2D eigenvalue weighted by Crippen LogP contribution is 2.23. The number of aromatic amines is 1. The largest absolute Gasteiger partial charge is 0.401 e. The van der Waals surface area contributed by atoms with Crippen LogP contribution in [0, 0.1) is 13.8 Å². The molecule has 2 heterocycles. The smallest absolute Gasteiger partial charge is 0.352 e. The normalized spacial score (nSPS) is 11.0. The SMILES string of the molecule is Cc1[nH]nc2oc(=O)c(Br)c(C)c12. The average Bonchev–Trinajstić information content (AvgIpc) is 2.43. The first-order valence-corrected chi connectivity index (χ1v) is 4.54. The summed E-state index contributed by atoms with van der Waals surface area (Å²) in [7, 11) is 0. The molecule has 2 aromatic rings. The first kappa shape index (κ1) is 8.50. The molecule has 0 fully saturated rings. The minimum absolute atomic E-state index is 0.364. The summed E-state index contributed by atoms with van der Waals surface area (Å²) in [6.07, 6.45) is 0. The highest BCUT2D eigenvalue weighted by Gasteiger charge is 2.12. The van der Waals surface area contributed by atoms with Crippen molar-refractivity contribution < 1.29 is 4.42 Å². The summed E-state index contributed by atoms with van der Waals surface area (Å²) in [6, 6.07) is 0. The third-order valence-corrected chi connectivity index (χ3v) is 2.91. The summed E-state index contributed by atoms with van der Waals surface area (Å²) < 4.78 is 5.41. The van der Waals surface area contributed by atoms with Crippen LogP contribution in [0.5, 0.6) is 0 Å². The fourth-order valence-corrected chi connectivity index (χ4v) is 1.60. The van der Waals surface area contributed by atoms with Gasteiger partial charge in [-0.05, 0) is 35.3 Å². The van der Waals surface area contributed by atoms with Crippen molar-refractivity contribution in [1.82, 2.24) is 10.2 Å². The number of aromatic nitrogens is 2. The van der Waals surface area contributed by atoms with E-state index in [-0.39, 0.29) is 0 Å². The highest BCUT2D eigenvalue weighted by molar-refractivity contribution is 9.10. The summed E-state index contributed by atoms with van der Waals surface area (Å²) in [6.45, 7) is 3.74. The molecule has 13 heavy (non-hydrogen) atoms. The number of halogens is 1. The van der Waals surface area contributed by atoms with Crippen molar-refractivity contribution in [2.75, 3.05) is 0 Å². The van der Waals surface area contributed by atoms with E-state index in [1.165, 1.54) is 0 Å². The second-order valence-electron chi connectivity index (χ2n) is 2.86. The molecule has 0 saturated carbocycles. The molecule has 2 rings (SSSR count). The zero-order chi connectivity index (χ0) is 9.59. The summed E-state index contributed by atoms with van der Waals surface area (Å²) in [5.74, 6) is 0. The molecule has 2 aromatic heterocycles. The van der Waals surface area contributed by atoms with Gasteiger partial charge in [0.2, 0.25) is 5.71 Å². The summed E-state index contributed by atoms with van der Waals surface area (Å²) >= 11 is 3.17. The fourth-order valence-electron chi connectivity index (χ4n) is 1.32. The van der Waals surface area contributed by atoms with Crippen molar-refractivity contribution in [2.45, 2.75) is 13.8 Å². The summed E-state index contributed by atoms with van der Waals surface area (Å²) in [5.41, 5.74) is 1.73. The molecule has 5 heteroatoms. The molecule has 0 bridgehead atoms. The number of rotatable bonds is 0. The van der Waals surface area contributed by atoms with E-state index < -0.39 is 5.63 Å². The van der Waals surface area contributed by atoms with Gasteiger partial charge in [-0.1, -0.05) is 0 Å². The predicted octanol–water partition coefficient (Wildman–Crippen LogP) is 1.90. The van der Waals surface area contributed by atoms with Crippen LogP contribution >= 0.6 is 15.9 Å². The zero-order valence-corrected chi connectivity index (χ0v) is 8.73. The predicted molar refractivity (Wildman–Crippen MR) is 51.8 cm³/mol. The van der Waals surface area contributed by atoms with Crippen LogP contribution in [0.4, 0.5) is 0 Å². The molecule has 68 valence electrons. The van der Waals surface area contributed by atoms with Crippen LogP contribution in [0.3, 0.4) is 0 Å². The maximum Gasteiger partial charge on any atom is 0.352 e. The molecular weight excluding hydrogens is 236 g/mol. The Hall–Kier alpha value is -1.10. The Labute approximate surface area is 82.1 Å². The molecule has 0 aliphatic heterocycles. The molecule has 0 atom stereocenters. The lowest BCUT2D eigenvalue weighted by Crippen LogP contribution is -2.01. The number of aryl methyl sites for hydroxylation is 2. The molecule has 0 amide bonds. The van der Waals surface area contributed by atoms with Gasteiger partial charge in [0.25, 0.3) is 0 Å². The number of H-pyrrole nitrogens is 1. The van der Waals surface area contributed by atoms with Gasteiger partial charge in [0.15, 0.2) is 0 Å². The second kappa shape index (κ2) is 2.70. The number of fused-ring (bicyclic) bond motifs is 1. The van der Waals surface area contributed by atoms with Crippen molar-refractivity contribution in [2.24, 2.45) is 0 Å². The maximum absolute atomic E-state index is 11.2. The van der Waals surface area contributed by atoms with E-state index in [9.17, 15) is 4.79 Å². The van der Waals surface area contributed by atoms with E-state index in [2.05, 4.69) is 26.1 Å². The topological polar surface area (TPSA) is 58.9 Å². The van der Waals surface area contributed by atoms with Crippen molar-refractivity contribution in [3.8, 4) is 0 Å². The van der Waals surface area contributed by atoms with Crippen LogP contribution in [0.2, 0.25) is 0 Å². The molecule has 0 spiro atoms. The molecule has 0 aliphatic carbocycles. The van der Waals surface area contributed by atoms with Gasteiger partial charge in [-0.25, -0.2) is 4.79 Å². The van der Waals surface area contributed by atoms with Gasteiger partial charge in [0, 0.05) is 5.69 Å². The molecule has 0 aromatic carbocycles. The lowest BCUT2D eigenvalue weighted by Gasteiger charge is -1.96. The van der Waals surface area contributed by atoms with Crippen molar-refractivity contribution in [3.05, 3.63) is 26.2 Å². The van der Waals surface area contributed by atoms with E-state index >= 15 is 0 Å². The van der Waals surface area contributed by atoms with Crippen molar-refractivity contribution in [1.29, 1.82) is 0 Å². The van der Waals surface area contributed by atoms with E-state index in [0.717, 1.165) is 16.6 Å². The van der Waals surface area contributed by atoms with Crippen LogP contribution in [-0.2, 0) is 0 Å². The lowest BCUT2D eigenvalue weighted by atomic mass is 10.2. The fraction of sp³-hybridized carbons (Fsp3) is 0.250. The first-order valence-electron chi connectivity index (χ1n) is 3.75. The van der Waals surface area contributed by atoms with Crippen LogP contribution in [0.25, 0.3) is 11.1 Å². The Morgan fingerprint density at radius 2 is 2.15 bits per heavy atom. The monoisotopic (exact) mass is 242 g/mol. The van der Waals surface area contributed by atoms with Crippen LogP contribution < -0.4 is 5.63 Å². The Kier molecular flexibility index (Phi) is 1.76. The molecular formula is C8H7BrN2O2. The number of hydrogen-bond donors (Lipinski definition) is 1. The Balaban J connectivity index is 3.06. The zero-order valence-electron chi connectivity index (χ0n) is 7.14. The molecule has 0 saturated heterocycles. The minimum Gasteiger partial charge on any atom is -0.401 e. The van der Waals surface area contributed by atoms with Gasteiger partial charge in [0.05, 0.1) is 5.39 Å². The molecule has 1 N–H and O–H groups in total. The summed E-state index contributed by atoms with van der Waals surface area (Å²) in [5, 5.41) is 7.50. The second-order valence-corrected chi connectivity index (χ2v) is 3.65. The van der Waals surface area contributed by atoms with Crippen LogP contribution in [0.1, 0.15) is 11.3 Å². The van der Waals surface area contributed by atoms with E-state index in [0.29, 0.717) is 10.2 Å². The van der Waals surface area contributed by atoms with Gasteiger partial charge >= 0.3 is 5.63 Å². The quantitative estimate of drug-likeness (QED) is 0.768. The molecule has 4 nitrogen and oxygen atoms in total. The average molecular weight is 243 g/mol. The van der Waals surface area contributed by atoms with E-state index in [1.807, 2.05) is 13.8 Å².